The Hall–Kier alpha value is -0.750. The highest BCUT2D eigenvalue weighted by Gasteiger charge is 2.39. The molecular weight excluding hydrogens is 228 g/mol. The van der Waals surface area contributed by atoms with Crippen molar-refractivity contribution in [1.29, 1.82) is 0 Å². The molecule has 1 saturated heterocycles. The topological polar surface area (TPSA) is 78.4 Å². The van der Waals surface area contributed by atoms with Crippen LogP contribution in [-0.2, 0) is 9.59 Å². The Morgan fingerprint density at radius 3 is 2.75 bits per heavy atom. The number of hydrogen-bond acceptors (Lipinski definition) is 4. The summed E-state index contributed by atoms with van der Waals surface area (Å²) in [4.78, 5) is 22.3. The molecule has 1 heterocycles. The fourth-order valence-corrected chi connectivity index (χ4v) is 2.93. The van der Waals surface area contributed by atoms with Crippen LogP contribution in [0.25, 0.3) is 0 Å². The van der Waals surface area contributed by atoms with Crippen molar-refractivity contribution in [3.8, 4) is 0 Å². The van der Waals surface area contributed by atoms with E-state index in [0.717, 1.165) is 12.2 Å². The van der Waals surface area contributed by atoms with Crippen LogP contribution in [0.2, 0.25) is 0 Å². The average Bonchev–Trinajstić information content (AvgIpc) is 2.30. The Kier molecular flexibility index (Phi) is 5.08. The van der Waals surface area contributed by atoms with E-state index in [9.17, 15) is 14.7 Å². The summed E-state index contributed by atoms with van der Waals surface area (Å²) in [6.07, 6.45) is 1.86. The zero-order valence-corrected chi connectivity index (χ0v) is 10.2. The second-order valence-corrected chi connectivity index (χ2v) is 5.00. The number of carbonyl (C=O) groups is 2. The van der Waals surface area contributed by atoms with E-state index in [2.05, 4.69) is 10.6 Å². The van der Waals surface area contributed by atoms with E-state index >= 15 is 0 Å². The summed E-state index contributed by atoms with van der Waals surface area (Å²) >= 11 is 1.65. The minimum absolute atomic E-state index is 0.0727. The van der Waals surface area contributed by atoms with E-state index in [0.29, 0.717) is 25.1 Å². The number of aliphatic carboxylic acids is 1. The zero-order valence-electron chi connectivity index (χ0n) is 9.41. The summed E-state index contributed by atoms with van der Waals surface area (Å²) in [5.74, 6) is 0.718. The first-order chi connectivity index (χ1) is 7.60. The van der Waals surface area contributed by atoms with Crippen LogP contribution in [0.3, 0.4) is 0 Å². The van der Waals surface area contributed by atoms with Gasteiger partial charge in [-0.2, -0.15) is 11.8 Å². The van der Waals surface area contributed by atoms with Gasteiger partial charge in [0.25, 0.3) is 0 Å². The number of thioether (sulfide) groups is 1. The van der Waals surface area contributed by atoms with Gasteiger partial charge >= 0.3 is 5.97 Å². The lowest BCUT2D eigenvalue weighted by Gasteiger charge is -2.33. The van der Waals surface area contributed by atoms with Gasteiger partial charge in [0.15, 0.2) is 0 Å². The molecule has 1 aliphatic rings. The lowest BCUT2D eigenvalue weighted by atomic mass is 9.95. The molecule has 0 saturated carbocycles. The molecule has 0 aromatic carbocycles. The highest BCUT2D eigenvalue weighted by atomic mass is 32.2. The molecular formula is C10H18N2O3S. The van der Waals surface area contributed by atoms with E-state index in [1.165, 1.54) is 0 Å². The van der Waals surface area contributed by atoms with Crippen molar-refractivity contribution in [2.75, 3.05) is 25.1 Å². The Balaban J connectivity index is 2.45. The largest absolute Gasteiger partial charge is 0.480 e. The molecule has 16 heavy (non-hydrogen) atoms. The van der Waals surface area contributed by atoms with E-state index < -0.39 is 11.5 Å². The van der Waals surface area contributed by atoms with E-state index in [4.69, 9.17) is 0 Å². The second kappa shape index (κ2) is 6.10. The monoisotopic (exact) mass is 246 g/mol. The standard InChI is InChI=1S/C10H18N2O3S/c1-11-8(13)3-5-12-10(9(14)15)4-2-6-16-7-10/h12H,2-7H2,1H3,(H,11,13)(H,14,15). The zero-order chi connectivity index (χ0) is 12.0. The van der Waals surface area contributed by atoms with Gasteiger partial charge in [-0.15, -0.1) is 0 Å². The van der Waals surface area contributed by atoms with Gasteiger partial charge in [0.2, 0.25) is 5.91 Å². The first-order valence-corrected chi connectivity index (χ1v) is 6.53. The van der Waals surface area contributed by atoms with Crippen LogP contribution >= 0.6 is 11.8 Å². The highest BCUT2D eigenvalue weighted by molar-refractivity contribution is 7.99. The molecule has 5 nitrogen and oxygen atoms in total. The van der Waals surface area contributed by atoms with Crippen LogP contribution < -0.4 is 10.6 Å². The van der Waals surface area contributed by atoms with Crippen LogP contribution in [0.5, 0.6) is 0 Å². The van der Waals surface area contributed by atoms with Gasteiger partial charge in [0.05, 0.1) is 0 Å². The lowest BCUT2D eigenvalue weighted by molar-refractivity contribution is -0.144. The molecule has 1 fully saturated rings. The molecule has 92 valence electrons. The predicted octanol–water partition coefficient (Wildman–Crippen LogP) is 0.0625. The van der Waals surface area contributed by atoms with Crippen molar-refractivity contribution in [3.63, 3.8) is 0 Å². The number of carboxylic acids is 1. The Labute approximate surface area is 99.4 Å². The maximum atomic E-state index is 11.2. The second-order valence-electron chi connectivity index (χ2n) is 3.89. The molecule has 0 radical (unpaired) electrons. The van der Waals surface area contributed by atoms with E-state index in [1.54, 1.807) is 18.8 Å². The number of nitrogens with one attached hydrogen (secondary N) is 2. The fourth-order valence-electron chi connectivity index (χ4n) is 1.72. The third-order valence-electron chi connectivity index (χ3n) is 2.74. The summed E-state index contributed by atoms with van der Waals surface area (Å²) in [6.45, 7) is 0.409. The maximum absolute atomic E-state index is 11.2. The van der Waals surface area contributed by atoms with Gasteiger partial charge in [-0.3, -0.25) is 9.59 Å². The summed E-state index contributed by atoms with van der Waals surface area (Å²) in [7, 11) is 1.58. The Bertz CT molecular complexity index is 265. The van der Waals surface area contributed by atoms with Crippen LogP contribution in [0, 0.1) is 0 Å². The number of rotatable bonds is 5. The minimum atomic E-state index is -0.836. The van der Waals surface area contributed by atoms with Crippen molar-refractivity contribution < 1.29 is 14.7 Å². The molecule has 0 bridgehead atoms. The number of carbonyl (C=O) groups excluding carboxylic acids is 1. The molecule has 1 atom stereocenters. The van der Waals surface area contributed by atoms with Gasteiger partial charge in [-0.1, -0.05) is 0 Å². The quantitative estimate of drug-likeness (QED) is 0.639. The number of hydrogen-bond donors (Lipinski definition) is 3. The number of amides is 1. The minimum Gasteiger partial charge on any atom is -0.480 e. The molecule has 6 heteroatoms. The first kappa shape index (κ1) is 13.3. The highest BCUT2D eigenvalue weighted by Crippen LogP contribution is 2.27. The van der Waals surface area contributed by atoms with Crippen LogP contribution in [-0.4, -0.2) is 47.6 Å². The van der Waals surface area contributed by atoms with Crippen molar-refractivity contribution in [1.82, 2.24) is 10.6 Å². The number of carboxylic acid groups (broad SMARTS) is 1. The molecule has 0 aromatic heterocycles. The molecule has 0 aliphatic carbocycles. The molecule has 1 rings (SSSR count). The Morgan fingerprint density at radius 2 is 2.25 bits per heavy atom. The molecule has 0 spiro atoms. The van der Waals surface area contributed by atoms with Gasteiger partial charge in [0, 0.05) is 25.8 Å². The summed E-state index contributed by atoms with van der Waals surface area (Å²) < 4.78 is 0. The van der Waals surface area contributed by atoms with Crippen LogP contribution in [0.1, 0.15) is 19.3 Å². The van der Waals surface area contributed by atoms with Crippen LogP contribution in [0.15, 0.2) is 0 Å². The fraction of sp³-hybridized carbons (Fsp3) is 0.800. The van der Waals surface area contributed by atoms with Gasteiger partial charge in [-0.05, 0) is 18.6 Å². The van der Waals surface area contributed by atoms with Crippen molar-refractivity contribution in [2.45, 2.75) is 24.8 Å². The lowest BCUT2D eigenvalue weighted by Crippen LogP contribution is -2.56. The SMILES string of the molecule is CNC(=O)CCNC1(C(=O)O)CCCSC1. The van der Waals surface area contributed by atoms with Gasteiger partial charge < -0.3 is 15.7 Å². The van der Waals surface area contributed by atoms with Crippen molar-refractivity contribution in [2.24, 2.45) is 0 Å². The molecule has 0 aromatic rings. The Morgan fingerprint density at radius 1 is 1.50 bits per heavy atom. The average molecular weight is 246 g/mol. The normalized spacial score (nSPS) is 25.1. The van der Waals surface area contributed by atoms with Gasteiger partial charge in [-0.25, -0.2) is 0 Å². The van der Waals surface area contributed by atoms with Crippen molar-refractivity contribution in [3.05, 3.63) is 0 Å². The van der Waals surface area contributed by atoms with E-state index in [1.807, 2.05) is 0 Å². The van der Waals surface area contributed by atoms with Gasteiger partial charge in [0.1, 0.15) is 5.54 Å². The molecule has 1 unspecified atom stereocenters. The maximum Gasteiger partial charge on any atom is 0.324 e. The molecule has 3 N–H and O–H groups in total. The van der Waals surface area contributed by atoms with E-state index in [-0.39, 0.29) is 5.91 Å². The smallest absolute Gasteiger partial charge is 0.324 e. The molecule has 1 amide bonds. The summed E-state index contributed by atoms with van der Waals surface area (Å²) in [6, 6.07) is 0. The van der Waals surface area contributed by atoms with Crippen LogP contribution in [0.4, 0.5) is 0 Å². The first-order valence-electron chi connectivity index (χ1n) is 5.37. The third kappa shape index (κ3) is 3.38. The summed E-state index contributed by atoms with van der Waals surface area (Å²) in [5, 5.41) is 14.8. The predicted molar refractivity (Wildman–Crippen MR) is 63.6 cm³/mol. The third-order valence-corrected chi connectivity index (χ3v) is 4.02. The molecule has 1 aliphatic heterocycles. The summed E-state index contributed by atoms with van der Waals surface area (Å²) in [5.41, 5.74) is -0.836. The van der Waals surface area contributed by atoms with Crippen molar-refractivity contribution >= 4 is 23.6 Å².